The minimum absolute atomic E-state index is 0.537. The van der Waals surface area contributed by atoms with E-state index in [9.17, 15) is 13.2 Å². The summed E-state index contributed by atoms with van der Waals surface area (Å²) in [4.78, 5) is 0. The Labute approximate surface area is 115 Å². The zero-order valence-electron chi connectivity index (χ0n) is 11.0. The minimum atomic E-state index is -4.43. The molecule has 0 radical (unpaired) electrons. The van der Waals surface area contributed by atoms with Gasteiger partial charge in [0.25, 0.3) is 0 Å². The normalized spacial score (nSPS) is 11.6. The molecule has 0 N–H and O–H groups in total. The molecule has 0 aliphatic rings. The molecule has 0 spiro atoms. The number of alkyl halides is 3. The van der Waals surface area contributed by atoms with Crippen molar-refractivity contribution in [3.63, 3.8) is 0 Å². The average Bonchev–Trinajstić information content (AvgIpc) is 2.89. The predicted octanol–water partition coefficient (Wildman–Crippen LogP) is 4.07. The lowest BCUT2D eigenvalue weighted by molar-refractivity contribution is -0.141. The van der Waals surface area contributed by atoms with Crippen LogP contribution in [-0.4, -0.2) is 16.4 Å². The van der Waals surface area contributed by atoms with Crippen molar-refractivity contribution in [3.8, 4) is 11.4 Å². The first-order valence-electron chi connectivity index (χ1n) is 6.37. The highest BCUT2D eigenvalue weighted by molar-refractivity contribution is 5.38. The number of aromatic nitrogens is 2. The van der Waals surface area contributed by atoms with Gasteiger partial charge in [-0.25, -0.2) is 4.68 Å². The lowest BCUT2D eigenvalue weighted by Crippen LogP contribution is -2.07. The standard InChI is InChI=1S/C14H15F3N2O/c1-2-3-9-20-12-6-4-5-11(10-12)19-8-7-13(18-19)14(15,16)17/h4-8,10H,2-3,9H2,1H3. The number of nitrogens with zero attached hydrogens (tertiary/aromatic N) is 2. The van der Waals surface area contributed by atoms with E-state index in [0.29, 0.717) is 18.0 Å². The van der Waals surface area contributed by atoms with Gasteiger partial charge in [-0.2, -0.15) is 18.3 Å². The average molecular weight is 284 g/mol. The third kappa shape index (κ3) is 3.53. The lowest BCUT2D eigenvalue weighted by Gasteiger charge is -2.07. The van der Waals surface area contributed by atoms with Crippen LogP contribution < -0.4 is 4.74 Å². The van der Waals surface area contributed by atoms with Crippen LogP contribution in [0.4, 0.5) is 13.2 Å². The fraction of sp³-hybridized carbons (Fsp3) is 0.357. The molecule has 2 aromatic rings. The van der Waals surface area contributed by atoms with E-state index in [1.54, 1.807) is 24.3 Å². The second kappa shape index (κ2) is 5.98. The summed E-state index contributed by atoms with van der Waals surface area (Å²) in [6.45, 7) is 2.65. The molecule has 0 fully saturated rings. The summed E-state index contributed by atoms with van der Waals surface area (Å²) in [6.07, 6.45) is -1.19. The highest BCUT2D eigenvalue weighted by Gasteiger charge is 2.33. The van der Waals surface area contributed by atoms with E-state index in [1.807, 2.05) is 0 Å². The topological polar surface area (TPSA) is 27.1 Å². The van der Waals surface area contributed by atoms with Crippen molar-refractivity contribution >= 4 is 0 Å². The van der Waals surface area contributed by atoms with Crippen LogP contribution in [0, 0.1) is 0 Å². The Bertz CT molecular complexity index is 564. The third-order valence-corrected chi connectivity index (χ3v) is 2.73. The molecule has 3 nitrogen and oxygen atoms in total. The van der Waals surface area contributed by atoms with E-state index >= 15 is 0 Å². The molecule has 0 aliphatic heterocycles. The molecule has 2 rings (SSSR count). The molecule has 20 heavy (non-hydrogen) atoms. The van der Waals surface area contributed by atoms with Gasteiger partial charge in [0, 0.05) is 12.3 Å². The fourth-order valence-electron chi connectivity index (χ4n) is 1.67. The summed E-state index contributed by atoms with van der Waals surface area (Å²) in [5.74, 6) is 0.625. The fourth-order valence-corrected chi connectivity index (χ4v) is 1.67. The van der Waals surface area contributed by atoms with Crippen LogP contribution in [0.15, 0.2) is 36.5 Å². The lowest BCUT2D eigenvalue weighted by atomic mass is 10.3. The van der Waals surface area contributed by atoms with Gasteiger partial charge in [0.15, 0.2) is 5.69 Å². The summed E-state index contributed by atoms with van der Waals surface area (Å²) in [7, 11) is 0. The van der Waals surface area contributed by atoms with Crippen molar-refractivity contribution in [1.29, 1.82) is 0 Å². The van der Waals surface area contributed by atoms with Gasteiger partial charge in [0.1, 0.15) is 5.75 Å². The Morgan fingerprint density at radius 3 is 2.70 bits per heavy atom. The molecule has 0 aliphatic carbocycles. The molecule has 1 aromatic carbocycles. The summed E-state index contributed by atoms with van der Waals surface area (Å²) in [5, 5.41) is 3.53. The first-order chi connectivity index (χ1) is 9.50. The maximum atomic E-state index is 12.5. The molecule has 0 amide bonds. The van der Waals surface area contributed by atoms with Crippen molar-refractivity contribution in [2.75, 3.05) is 6.61 Å². The van der Waals surface area contributed by atoms with E-state index in [0.717, 1.165) is 18.9 Å². The molecular weight excluding hydrogens is 269 g/mol. The van der Waals surface area contributed by atoms with Crippen molar-refractivity contribution in [3.05, 3.63) is 42.2 Å². The van der Waals surface area contributed by atoms with Gasteiger partial charge in [0.2, 0.25) is 0 Å². The monoisotopic (exact) mass is 284 g/mol. The third-order valence-electron chi connectivity index (χ3n) is 2.73. The van der Waals surface area contributed by atoms with Gasteiger partial charge in [0.05, 0.1) is 12.3 Å². The van der Waals surface area contributed by atoms with Crippen LogP contribution in [0.1, 0.15) is 25.5 Å². The molecule has 108 valence electrons. The Hall–Kier alpha value is -1.98. The van der Waals surface area contributed by atoms with Crippen LogP contribution in [0.25, 0.3) is 5.69 Å². The van der Waals surface area contributed by atoms with Crippen LogP contribution in [0.5, 0.6) is 5.75 Å². The highest BCUT2D eigenvalue weighted by atomic mass is 19.4. The van der Waals surface area contributed by atoms with Crippen molar-refractivity contribution in [2.24, 2.45) is 0 Å². The van der Waals surface area contributed by atoms with Crippen LogP contribution in [0.2, 0.25) is 0 Å². The van der Waals surface area contributed by atoms with Gasteiger partial charge < -0.3 is 4.74 Å². The second-order valence-corrected chi connectivity index (χ2v) is 4.34. The van der Waals surface area contributed by atoms with Gasteiger partial charge in [-0.1, -0.05) is 19.4 Å². The largest absolute Gasteiger partial charge is 0.494 e. The molecular formula is C14H15F3N2O. The van der Waals surface area contributed by atoms with Gasteiger partial charge in [-0.15, -0.1) is 0 Å². The molecule has 0 saturated carbocycles. The van der Waals surface area contributed by atoms with Gasteiger partial charge in [-0.3, -0.25) is 0 Å². The summed E-state index contributed by atoms with van der Waals surface area (Å²) >= 11 is 0. The molecule has 0 atom stereocenters. The van der Waals surface area contributed by atoms with E-state index in [4.69, 9.17) is 4.74 Å². The highest BCUT2D eigenvalue weighted by Crippen LogP contribution is 2.28. The van der Waals surface area contributed by atoms with Gasteiger partial charge >= 0.3 is 6.18 Å². The van der Waals surface area contributed by atoms with Crippen LogP contribution in [-0.2, 0) is 6.18 Å². The predicted molar refractivity (Wildman–Crippen MR) is 69.0 cm³/mol. The number of ether oxygens (including phenoxy) is 1. The van der Waals surface area contributed by atoms with E-state index in [1.165, 1.54) is 10.9 Å². The van der Waals surface area contributed by atoms with E-state index in [-0.39, 0.29) is 0 Å². The van der Waals surface area contributed by atoms with E-state index in [2.05, 4.69) is 12.0 Å². The minimum Gasteiger partial charge on any atom is -0.494 e. The summed E-state index contributed by atoms with van der Waals surface area (Å²) < 4.78 is 44.2. The maximum absolute atomic E-state index is 12.5. The molecule has 1 heterocycles. The van der Waals surface area contributed by atoms with Crippen molar-refractivity contribution < 1.29 is 17.9 Å². The van der Waals surface area contributed by atoms with Crippen LogP contribution >= 0.6 is 0 Å². The Kier molecular flexibility index (Phi) is 4.32. The smallest absolute Gasteiger partial charge is 0.435 e. The SMILES string of the molecule is CCCCOc1cccc(-n2ccc(C(F)(F)F)n2)c1. The van der Waals surface area contributed by atoms with E-state index < -0.39 is 11.9 Å². The molecule has 6 heteroatoms. The quantitative estimate of drug-likeness (QED) is 0.774. The number of hydrogen-bond donors (Lipinski definition) is 0. The second-order valence-electron chi connectivity index (χ2n) is 4.34. The number of benzene rings is 1. The summed E-state index contributed by atoms with van der Waals surface area (Å²) in [5.41, 5.74) is -0.371. The zero-order valence-corrected chi connectivity index (χ0v) is 11.0. The van der Waals surface area contributed by atoms with Crippen LogP contribution in [0.3, 0.4) is 0 Å². The molecule has 0 unspecified atom stereocenters. The Morgan fingerprint density at radius 1 is 1.25 bits per heavy atom. The first-order valence-corrected chi connectivity index (χ1v) is 6.37. The number of unbranched alkanes of at least 4 members (excludes halogenated alkanes) is 1. The number of halogens is 3. The Morgan fingerprint density at radius 2 is 2.05 bits per heavy atom. The number of hydrogen-bond acceptors (Lipinski definition) is 2. The first kappa shape index (κ1) is 14.4. The maximum Gasteiger partial charge on any atom is 0.435 e. The van der Waals surface area contributed by atoms with Gasteiger partial charge in [-0.05, 0) is 24.6 Å². The van der Waals surface area contributed by atoms with Crippen molar-refractivity contribution in [2.45, 2.75) is 25.9 Å². The van der Waals surface area contributed by atoms with Crippen molar-refractivity contribution in [1.82, 2.24) is 9.78 Å². The summed E-state index contributed by atoms with van der Waals surface area (Å²) in [6, 6.07) is 7.80. The Balaban J connectivity index is 2.16. The zero-order chi connectivity index (χ0) is 14.6. The number of rotatable bonds is 5. The molecule has 1 aromatic heterocycles. The molecule has 0 saturated heterocycles. The molecule has 0 bridgehead atoms.